The molecule has 5 nitrogen and oxygen atoms in total. The van der Waals surface area contributed by atoms with Crippen LogP contribution in [0.4, 0.5) is 8.78 Å². The molecule has 0 saturated carbocycles. The summed E-state index contributed by atoms with van der Waals surface area (Å²) in [7, 11) is 3.58. The van der Waals surface area contributed by atoms with Crippen molar-refractivity contribution < 1.29 is 13.6 Å². The van der Waals surface area contributed by atoms with E-state index in [0.717, 1.165) is 36.3 Å². The molecule has 1 N–H and O–H groups in total. The van der Waals surface area contributed by atoms with Crippen molar-refractivity contribution in [2.45, 2.75) is 19.4 Å². The minimum absolute atomic E-state index is 0.0547. The van der Waals surface area contributed by atoms with Crippen LogP contribution in [0.3, 0.4) is 0 Å². The van der Waals surface area contributed by atoms with Crippen LogP contribution in [-0.2, 0) is 17.8 Å². The van der Waals surface area contributed by atoms with Crippen LogP contribution in [0.25, 0.3) is 11.3 Å². The third-order valence-corrected chi connectivity index (χ3v) is 4.95. The smallest absolute Gasteiger partial charge is 0.236 e. The highest BCUT2D eigenvalue weighted by atomic mass is 19.1. The monoisotopic (exact) mass is 412 g/mol. The summed E-state index contributed by atoms with van der Waals surface area (Å²) in [5.74, 6) is -0.627. The third-order valence-electron chi connectivity index (χ3n) is 4.95. The molecule has 0 bridgehead atoms. The lowest BCUT2D eigenvalue weighted by Gasteiger charge is -2.22. The van der Waals surface area contributed by atoms with E-state index < -0.39 is 0 Å². The lowest BCUT2D eigenvalue weighted by molar-refractivity contribution is -0.131. The fourth-order valence-electron chi connectivity index (χ4n) is 3.20. The standard InChI is InChI=1S/C23H26F2N4O/c1-28(16-23(30)29(2)15-18-6-3-4-8-21(18)25)13-5-7-20-14-22(27-26-20)17-9-11-19(24)12-10-17/h3-4,6,8-12,14H,5,7,13,15-16H2,1-2H3,(H,26,27). The molecule has 3 rings (SSSR count). The highest BCUT2D eigenvalue weighted by Crippen LogP contribution is 2.18. The number of halogens is 2. The molecule has 1 heterocycles. The Labute approximate surface area is 175 Å². The summed E-state index contributed by atoms with van der Waals surface area (Å²) in [5, 5.41) is 7.29. The Morgan fingerprint density at radius 2 is 1.80 bits per heavy atom. The van der Waals surface area contributed by atoms with Crippen LogP contribution in [0.2, 0.25) is 0 Å². The fraction of sp³-hybridized carbons (Fsp3) is 0.304. The van der Waals surface area contributed by atoms with E-state index in [2.05, 4.69) is 10.2 Å². The van der Waals surface area contributed by atoms with Gasteiger partial charge in [0.15, 0.2) is 0 Å². The SMILES string of the molecule is CN(CCCc1cc(-c2ccc(F)cc2)n[nH]1)CC(=O)N(C)Cc1ccccc1F. The van der Waals surface area contributed by atoms with Gasteiger partial charge < -0.3 is 4.90 Å². The predicted molar refractivity (Wildman–Crippen MR) is 113 cm³/mol. The molecule has 0 saturated heterocycles. The number of H-pyrrole nitrogens is 1. The van der Waals surface area contributed by atoms with Gasteiger partial charge in [0.1, 0.15) is 11.6 Å². The largest absolute Gasteiger partial charge is 0.340 e. The Morgan fingerprint density at radius 3 is 2.53 bits per heavy atom. The first-order valence-corrected chi connectivity index (χ1v) is 9.88. The first-order chi connectivity index (χ1) is 14.4. The molecule has 0 radical (unpaired) electrons. The molecule has 1 amide bonds. The minimum atomic E-state index is -0.301. The molecule has 7 heteroatoms. The van der Waals surface area contributed by atoms with Crippen LogP contribution >= 0.6 is 0 Å². The molecule has 0 aliphatic carbocycles. The second kappa shape index (κ2) is 10.1. The molecular weight excluding hydrogens is 386 g/mol. The van der Waals surface area contributed by atoms with Gasteiger partial charge in [-0.3, -0.25) is 14.8 Å². The normalized spacial score (nSPS) is 11.1. The maximum atomic E-state index is 13.8. The maximum absolute atomic E-state index is 13.8. The topological polar surface area (TPSA) is 52.2 Å². The molecule has 2 aromatic carbocycles. The van der Waals surface area contributed by atoms with E-state index >= 15 is 0 Å². The summed E-state index contributed by atoms with van der Waals surface area (Å²) in [5.41, 5.74) is 3.14. The second-order valence-corrected chi connectivity index (χ2v) is 7.47. The van der Waals surface area contributed by atoms with E-state index in [4.69, 9.17) is 0 Å². The number of rotatable bonds is 9. The van der Waals surface area contributed by atoms with E-state index in [-0.39, 0.29) is 30.6 Å². The number of nitrogens with zero attached hydrogens (tertiary/aromatic N) is 3. The number of aromatic nitrogens is 2. The van der Waals surface area contributed by atoms with Gasteiger partial charge in [0, 0.05) is 30.4 Å². The summed E-state index contributed by atoms with van der Waals surface area (Å²) in [6, 6.07) is 14.7. The quantitative estimate of drug-likeness (QED) is 0.580. The highest BCUT2D eigenvalue weighted by Gasteiger charge is 2.14. The molecule has 1 aromatic heterocycles. The summed E-state index contributed by atoms with van der Waals surface area (Å²) in [4.78, 5) is 15.9. The first kappa shape index (κ1) is 21.6. The summed E-state index contributed by atoms with van der Waals surface area (Å²) < 4.78 is 26.8. The Bertz CT molecular complexity index is 971. The number of nitrogens with one attached hydrogen (secondary N) is 1. The van der Waals surface area contributed by atoms with Gasteiger partial charge in [0.2, 0.25) is 5.91 Å². The molecule has 0 aliphatic rings. The lowest BCUT2D eigenvalue weighted by atomic mass is 10.1. The molecule has 0 fully saturated rings. The van der Waals surface area contributed by atoms with Crippen LogP contribution in [0.1, 0.15) is 17.7 Å². The number of carbonyl (C=O) groups is 1. The minimum Gasteiger partial charge on any atom is -0.340 e. The number of aromatic amines is 1. The van der Waals surface area contributed by atoms with Crippen LogP contribution < -0.4 is 0 Å². The van der Waals surface area contributed by atoms with Crippen molar-refractivity contribution in [3.05, 3.63) is 77.5 Å². The van der Waals surface area contributed by atoms with Gasteiger partial charge in [0.25, 0.3) is 0 Å². The Kier molecular flexibility index (Phi) is 7.30. The maximum Gasteiger partial charge on any atom is 0.236 e. The Balaban J connectivity index is 1.42. The number of carbonyl (C=O) groups excluding carboxylic acids is 1. The zero-order chi connectivity index (χ0) is 21.5. The molecule has 30 heavy (non-hydrogen) atoms. The van der Waals surface area contributed by atoms with Gasteiger partial charge in [-0.25, -0.2) is 8.78 Å². The van der Waals surface area contributed by atoms with Gasteiger partial charge in [-0.15, -0.1) is 0 Å². The molecule has 3 aromatic rings. The molecule has 0 unspecified atom stereocenters. The Hall–Kier alpha value is -3.06. The number of likely N-dealkylation sites (N-methyl/N-ethyl adjacent to an activating group) is 2. The van der Waals surface area contributed by atoms with Crippen molar-refractivity contribution in [3.63, 3.8) is 0 Å². The Morgan fingerprint density at radius 1 is 1.07 bits per heavy atom. The van der Waals surface area contributed by atoms with E-state index in [9.17, 15) is 13.6 Å². The van der Waals surface area contributed by atoms with Gasteiger partial charge >= 0.3 is 0 Å². The van der Waals surface area contributed by atoms with Crippen molar-refractivity contribution in [2.75, 3.05) is 27.2 Å². The van der Waals surface area contributed by atoms with Gasteiger partial charge in [-0.05, 0) is 62.8 Å². The van der Waals surface area contributed by atoms with Crippen molar-refractivity contribution in [2.24, 2.45) is 0 Å². The molecule has 158 valence electrons. The van der Waals surface area contributed by atoms with Crippen LogP contribution in [0.15, 0.2) is 54.6 Å². The third kappa shape index (κ3) is 5.97. The zero-order valence-electron chi connectivity index (χ0n) is 17.2. The average Bonchev–Trinajstić information content (AvgIpc) is 3.19. The molecule has 0 atom stereocenters. The van der Waals surface area contributed by atoms with E-state index in [1.54, 1.807) is 42.3 Å². The van der Waals surface area contributed by atoms with Crippen molar-refractivity contribution >= 4 is 5.91 Å². The fourth-order valence-corrected chi connectivity index (χ4v) is 3.20. The van der Waals surface area contributed by atoms with Crippen molar-refractivity contribution in [3.8, 4) is 11.3 Å². The van der Waals surface area contributed by atoms with E-state index in [1.807, 2.05) is 18.0 Å². The van der Waals surface area contributed by atoms with Crippen LogP contribution in [0.5, 0.6) is 0 Å². The van der Waals surface area contributed by atoms with Crippen molar-refractivity contribution in [1.82, 2.24) is 20.0 Å². The molecule has 0 spiro atoms. The predicted octanol–water partition coefficient (Wildman–Crippen LogP) is 3.88. The van der Waals surface area contributed by atoms with Crippen LogP contribution in [-0.4, -0.2) is 53.1 Å². The lowest BCUT2D eigenvalue weighted by Crippen LogP contribution is -2.36. The number of amides is 1. The average molecular weight is 412 g/mol. The van der Waals surface area contributed by atoms with Gasteiger partial charge in [-0.1, -0.05) is 18.2 Å². The van der Waals surface area contributed by atoms with Crippen LogP contribution in [0, 0.1) is 11.6 Å². The molecular formula is C23H26F2N4O. The summed E-state index contributed by atoms with van der Waals surface area (Å²) in [6.45, 7) is 1.26. The van der Waals surface area contributed by atoms with E-state index in [1.165, 1.54) is 18.2 Å². The number of aryl methyl sites for hydroxylation is 1. The number of hydrogen-bond acceptors (Lipinski definition) is 3. The van der Waals surface area contributed by atoms with E-state index in [0.29, 0.717) is 5.56 Å². The second-order valence-electron chi connectivity index (χ2n) is 7.47. The molecule has 0 aliphatic heterocycles. The van der Waals surface area contributed by atoms with Gasteiger partial charge in [-0.2, -0.15) is 5.10 Å². The summed E-state index contributed by atoms with van der Waals surface area (Å²) in [6.07, 6.45) is 1.64. The number of benzene rings is 2. The van der Waals surface area contributed by atoms with Crippen molar-refractivity contribution in [1.29, 1.82) is 0 Å². The first-order valence-electron chi connectivity index (χ1n) is 9.88. The highest BCUT2D eigenvalue weighted by molar-refractivity contribution is 5.77. The number of hydrogen-bond donors (Lipinski definition) is 1. The summed E-state index contributed by atoms with van der Waals surface area (Å²) >= 11 is 0. The van der Waals surface area contributed by atoms with Gasteiger partial charge in [0.05, 0.1) is 12.2 Å². The zero-order valence-corrected chi connectivity index (χ0v) is 17.2.